The van der Waals surface area contributed by atoms with Gasteiger partial charge >= 0.3 is 0 Å². The lowest BCUT2D eigenvalue weighted by molar-refractivity contribution is 0.102. The summed E-state index contributed by atoms with van der Waals surface area (Å²) in [5.74, 6) is 0.517. The van der Waals surface area contributed by atoms with E-state index in [1.165, 1.54) is 0 Å². The summed E-state index contributed by atoms with van der Waals surface area (Å²) in [5.41, 5.74) is 2.84. The van der Waals surface area contributed by atoms with Gasteiger partial charge in [0.2, 0.25) is 5.95 Å². The molecule has 0 aliphatic heterocycles. The summed E-state index contributed by atoms with van der Waals surface area (Å²) in [6, 6.07) is 18.9. The number of aromatic nitrogens is 4. The molecule has 0 aliphatic carbocycles. The highest BCUT2D eigenvalue weighted by Gasteiger charge is 2.13. The normalized spacial score (nSPS) is 10.6. The van der Waals surface area contributed by atoms with Gasteiger partial charge in [0.05, 0.1) is 6.33 Å². The third-order valence-electron chi connectivity index (χ3n) is 3.85. The number of hydrogen-bond acceptors (Lipinski definition) is 5. The summed E-state index contributed by atoms with van der Waals surface area (Å²) in [6.45, 7) is 0.595. The van der Waals surface area contributed by atoms with E-state index in [9.17, 15) is 4.79 Å². The van der Waals surface area contributed by atoms with Crippen LogP contribution in [0.15, 0.2) is 67.0 Å². The van der Waals surface area contributed by atoms with Crippen LogP contribution in [0.25, 0.3) is 11.2 Å². The number of carbonyl (C=O) groups is 1. The summed E-state index contributed by atoms with van der Waals surface area (Å²) in [5, 5.41) is 5.99. The summed E-state index contributed by atoms with van der Waals surface area (Å²) in [4.78, 5) is 28.3. The zero-order chi connectivity index (χ0) is 17.8. The Hall–Kier alpha value is -3.74. The number of aromatic amines is 1. The Morgan fingerprint density at radius 2 is 1.69 bits per heavy atom. The van der Waals surface area contributed by atoms with Crippen LogP contribution in [0.2, 0.25) is 0 Å². The van der Waals surface area contributed by atoms with Crippen LogP contribution >= 0.6 is 0 Å². The van der Waals surface area contributed by atoms with Crippen LogP contribution in [-0.4, -0.2) is 25.8 Å². The highest BCUT2D eigenvalue weighted by atomic mass is 16.1. The molecule has 0 atom stereocenters. The van der Waals surface area contributed by atoms with Crippen molar-refractivity contribution in [1.29, 1.82) is 0 Å². The molecule has 0 spiro atoms. The minimum Gasteiger partial charge on any atom is -0.364 e. The maximum absolute atomic E-state index is 12.3. The lowest BCUT2D eigenvalue weighted by Gasteiger charge is -2.09. The van der Waals surface area contributed by atoms with E-state index in [0.29, 0.717) is 29.1 Å². The van der Waals surface area contributed by atoms with Crippen molar-refractivity contribution in [3.05, 3.63) is 78.1 Å². The van der Waals surface area contributed by atoms with E-state index in [1.807, 2.05) is 36.4 Å². The molecule has 7 nitrogen and oxygen atoms in total. The fourth-order valence-corrected chi connectivity index (χ4v) is 2.56. The average Bonchev–Trinajstić information content (AvgIpc) is 3.16. The number of hydrogen-bond donors (Lipinski definition) is 3. The van der Waals surface area contributed by atoms with Crippen LogP contribution in [0.3, 0.4) is 0 Å². The molecule has 0 bridgehead atoms. The molecule has 0 fully saturated rings. The summed E-state index contributed by atoms with van der Waals surface area (Å²) < 4.78 is 0. The molecule has 3 N–H and O–H groups in total. The van der Waals surface area contributed by atoms with Crippen LogP contribution in [0.5, 0.6) is 0 Å². The van der Waals surface area contributed by atoms with Gasteiger partial charge in [-0.15, -0.1) is 0 Å². The van der Waals surface area contributed by atoms with Crippen LogP contribution < -0.4 is 10.6 Å². The first-order valence-electron chi connectivity index (χ1n) is 8.15. The van der Waals surface area contributed by atoms with Gasteiger partial charge in [-0.25, -0.2) is 4.98 Å². The Morgan fingerprint density at radius 1 is 0.962 bits per heavy atom. The number of fused-ring (bicyclic) bond motifs is 1. The van der Waals surface area contributed by atoms with Crippen molar-refractivity contribution in [1.82, 2.24) is 19.9 Å². The van der Waals surface area contributed by atoms with Crippen LogP contribution in [-0.2, 0) is 6.54 Å². The first-order valence-corrected chi connectivity index (χ1v) is 8.15. The number of imidazole rings is 1. The molecule has 0 radical (unpaired) electrons. The standard InChI is InChI=1S/C19H16N6O/c26-18(14-9-5-2-6-10-14)25-19-23-16(15-17(24-19)22-12-21-15)20-11-13-7-3-1-4-8-13/h1-10,12H,11H2,(H3,20,21,22,23,24,25,26). The van der Waals surface area contributed by atoms with Gasteiger partial charge in [-0.2, -0.15) is 9.97 Å². The summed E-state index contributed by atoms with van der Waals surface area (Å²) in [7, 11) is 0. The predicted molar refractivity (Wildman–Crippen MR) is 99.8 cm³/mol. The summed E-state index contributed by atoms with van der Waals surface area (Å²) >= 11 is 0. The van der Waals surface area contributed by atoms with Crippen molar-refractivity contribution in [2.75, 3.05) is 10.6 Å². The highest BCUT2D eigenvalue weighted by molar-refractivity contribution is 6.03. The molecule has 1 amide bonds. The fourth-order valence-electron chi connectivity index (χ4n) is 2.56. The zero-order valence-electron chi connectivity index (χ0n) is 13.8. The number of H-pyrrole nitrogens is 1. The second-order valence-corrected chi connectivity index (χ2v) is 5.66. The molecule has 2 aromatic carbocycles. The van der Waals surface area contributed by atoms with E-state index in [1.54, 1.807) is 30.6 Å². The van der Waals surface area contributed by atoms with E-state index in [4.69, 9.17) is 0 Å². The van der Waals surface area contributed by atoms with E-state index in [-0.39, 0.29) is 11.9 Å². The molecular formula is C19H16N6O. The number of nitrogens with one attached hydrogen (secondary N) is 3. The van der Waals surface area contributed by atoms with Gasteiger partial charge in [-0.1, -0.05) is 48.5 Å². The molecule has 0 aliphatic rings. The van der Waals surface area contributed by atoms with Crippen molar-refractivity contribution >= 4 is 28.8 Å². The molecule has 26 heavy (non-hydrogen) atoms. The van der Waals surface area contributed by atoms with E-state index in [2.05, 4.69) is 30.6 Å². The maximum atomic E-state index is 12.3. The fraction of sp³-hybridized carbons (Fsp3) is 0.0526. The lowest BCUT2D eigenvalue weighted by atomic mass is 10.2. The van der Waals surface area contributed by atoms with Gasteiger partial charge in [-0.3, -0.25) is 10.1 Å². The van der Waals surface area contributed by atoms with Gasteiger partial charge in [-0.05, 0) is 17.7 Å². The van der Waals surface area contributed by atoms with Crippen molar-refractivity contribution in [3.8, 4) is 0 Å². The number of benzene rings is 2. The number of anilines is 2. The SMILES string of the molecule is O=C(Nc1nc(NCc2ccccc2)c2[nH]cnc2n1)c1ccccc1. The van der Waals surface area contributed by atoms with Crippen molar-refractivity contribution < 1.29 is 4.79 Å². The van der Waals surface area contributed by atoms with Crippen LogP contribution in [0.1, 0.15) is 15.9 Å². The largest absolute Gasteiger partial charge is 0.364 e. The molecule has 0 saturated heterocycles. The van der Waals surface area contributed by atoms with Crippen LogP contribution in [0.4, 0.5) is 11.8 Å². The van der Waals surface area contributed by atoms with Crippen molar-refractivity contribution in [3.63, 3.8) is 0 Å². The molecule has 128 valence electrons. The Morgan fingerprint density at radius 3 is 2.46 bits per heavy atom. The Bertz CT molecular complexity index is 1030. The molecule has 0 saturated carbocycles. The molecule has 4 rings (SSSR count). The second kappa shape index (κ2) is 7.02. The molecule has 2 aromatic heterocycles. The van der Waals surface area contributed by atoms with Gasteiger partial charge in [0.25, 0.3) is 5.91 Å². The average molecular weight is 344 g/mol. The second-order valence-electron chi connectivity index (χ2n) is 5.66. The Balaban J connectivity index is 1.59. The summed E-state index contributed by atoms with van der Waals surface area (Å²) in [6.07, 6.45) is 1.55. The van der Waals surface area contributed by atoms with Gasteiger partial charge in [0, 0.05) is 12.1 Å². The molecule has 0 unspecified atom stereocenters. The van der Waals surface area contributed by atoms with E-state index < -0.39 is 0 Å². The zero-order valence-corrected chi connectivity index (χ0v) is 13.8. The predicted octanol–water partition coefficient (Wildman–Crippen LogP) is 3.22. The third-order valence-corrected chi connectivity index (χ3v) is 3.85. The van der Waals surface area contributed by atoms with Gasteiger partial charge in [0.1, 0.15) is 5.52 Å². The minimum atomic E-state index is -0.269. The van der Waals surface area contributed by atoms with Crippen molar-refractivity contribution in [2.45, 2.75) is 6.54 Å². The number of amides is 1. The van der Waals surface area contributed by atoms with Gasteiger partial charge in [0.15, 0.2) is 11.5 Å². The topological polar surface area (TPSA) is 95.6 Å². The maximum Gasteiger partial charge on any atom is 0.258 e. The molecular weight excluding hydrogens is 328 g/mol. The Labute approximate surface area is 149 Å². The first-order chi connectivity index (χ1) is 12.8. The van der Waals surface area contributed by atoms with Crippen LogP contribution in [0, 0.1) is 0 Å². The van der Waals surface area contributed by atoms with Gasteiger partial charge < -0.3 is 10.3 Å². The van der Waals surface area contributed by atoms with E-state index in [0.717, 1.165) is 5.56 Å². The number of nitrogens with zero attached hydrogens (tertiary/aromatic N) is 3. The Kier molecular flexibility index (Phi) is 4.26. The van der Waals surface area contributed by atoms with Crippen molar-refractivity contribution in [2.24, 2.45) is 0 Å². The number of carbonyl (C=O) groups excluding carboxylic acids is 1. The molecule has 4 aromatic rings. The van der Waals surface area contributed by atoms with E-state index >= 15 is 0 Å². The lowest BCUT2D eigenvalue weighted by Crippen LogP contribution is -2.15. The highest BCUT2D eigenvalue weighted by Crippen LogP contribution is 2.19. The smallest absolute Gasteiger partial charge is 0.258 e. The first kappa shape index (κ1) is 15.8. The molecule has 2 heterocycles. The quantitative estimate of drug-likeness (QED) is 0.517. The minimum absolute atomic E-state index is 0.203. The third kappa shape index (κ3) is 3.36. The monoisotopic (exact) mass is 344 g/mol. The number of rotatable bonds is 5. The molecule has 7 heteroatoms.